The van der Waals surface area contributed by atoms with Crippen LogP contribution >= 0.6 is 0 Å². The molecule has 2 aromatic carbocycles. The number of methoxy groups -OCH3 is 2. The van der Waals surface area contributed by atoms with Crippen molar-refractivity contribution in [2.45, 2.75) is 0 Å². The van der Waals surface area contributed by atoms with Gasteiger partial charge >= 0.3 is 5.63 Å². The molecule has 0 spiro atoms. The molecule has 178 valence electrons. The van der Waals surface area contributed by atoms with Gasteiger partial charge in [-0.15, -0.1) is 10.2 Å². The first kappa shape index (κ1) is 22.4. The Morgan fingerprint density at radius 3 is 2.43 bits per heavy atom. The van der Waals surface area contributed by atoms with E-state index in [2.05, 4.69) is 15.1 Å². The second kappa shape index (κ2) is 9.46. The second-order valence-corrected chi connectivity index (χ2v) is 8.11. The maximum Gasteiger partial charge on any atom is 0.349 e. The molecule has 0 aliphatic carbocycles. The minimum absolute atomic E-state index is 0.0496. The van der Waals surface area contributed by atoms with Crippen molar-refractivity contribution < 1.29 is 18.7 Å². The monoisotopic (exact) mass is 472 g/mol. The number of ether oxygens (including phenoxy) is 2. The number of para-hydroxylation sites is 1. The largest absolute Gasteiger partial charge is 0.497 e. The van der Waals surface area contributed by atoms with Gasteiger partial charge in [-0.3, -0.25) is 4.79 Å². The van der Waals surface area contributed by atoms with Crippen LogP contribution in [-0.2, 0) is 0 Å². The molecule has 0 saturated carbocycles. The molecular weight excluding hydrogens is 448 g/mol. The van der Waals surface area contributed by atoms with E-state index < -0.39 is 5.63 Å². The van der Waals surface area contributed by atoms with E-state index in [1.807, 2.05) is 42.5 Å². The van der Waals surface area contributed by atoms with Gasteiger partial charge in [-0.1, -0.05) is 18.2 Å². The van der Waals surface area contributed by atoms with E-state index in [0.717, 1.165) is 10.9 Å². The van der Waals surface area contributed by atoms with Gasteiger partial charge < -0.3 is 23.7 Å². The summed E-state index contributed by atoms with van der Waals surface area (Å²) in [6.45, 7) is 2.05. The fourth-order valence-corrected chi connectivity index (χ4v) is 4.17. The smallest absolute Gasteiger partial charge is 0.349 e. The molecule has 0 bridgehead atoms. The van der Waals surface area contributed by atoms with Crippen LogP contribution in [0.1, 0.15) is 10.4 Å². The SMILES string of the molecule is COc1ccc(OC)c(-c2ccc(N3CCN(C(=O)c4cc5ccccc5oc4=O)CC3)nn2)c1. The van der Waals surface area contributed by atoms with Gasteiger partial charge in [-0.05, 0) is 42.5 Å². The van der Waals surface area contributed by atoms with Crippen molar-refractivity contribution in [3.05, 3.63) is 76.6 Å². The van der Waals surface area contributed by atoms with Crippen molar-refractivity contribution in [1.29, 1.82) is 0 Å². The maximum absolute atomic E-state index is 13.0. The molecule has 3 heterocycles. The molecule has 1 aliphatic heterocycles. The first-order valence-electron chi connectivity index (χ1n) is 11.2. The number of benzene rings is 2. The molecular formula is C26H24N4O5. The Bertz CT molecular complexity index is 1430. The Hall–Kier alpha value is -4.40. The molecule has 0 atom stereocenters. The Kier molecular flexibility index (Phi) is 6.05. The summed E-state index contributed by atoms with van der Waals surface area (Å²) in [5.74, 6) is 1.77. The van der Waals surface area contributed by atoms with E-state index in [1.165, 1.54) is 0 Å². The number of anilines is 1. The van der Waals surface area contributed by atoms with Gasteiger partial charge in [0.25, 0.3) is 5.91 Å². The zero-order valence-corrected chi connectivity index (χ0v) is 19.4. The Balaban J connectivity index is 1.28. The first-order chi connectivity index (χ1) is 17.1. The first-order valence-corrected chi connectivity index (χ1v) is 11.2. The molecule has 2 aromatic heterocycles. The molecule has 1 aliphatic rings. The molecule has 4 aromatic rings. The number of aromatic nitrogens is 2. The average Bonchev–Trinajstić information content (AvgIpc) is 2.92. The summed E-state index contributed by atoms with van der Waals surface area (Å²) >= 11 is 0. The van der Waals surface area contributed by atoms with Crippen molar-refractivity contribution in [3.63, 3.8) is 0 Å². The molecule has 35 heavy (non-hydrogen) atoms. The van der Waals surface area contributed by atoms with Crippen molar-refractivity contribution in [2.75, 3.05) is 45.3 Å². The van der Waals surface area contributed by atoms with Gasteiger partial charge in [-0.25, -0.2) is 4.79 Å². The van der Waals surface area contributed by atoms with Gasteiger partial charge in [0.2, 0.25) is 0 Å². The molecule has 5 rings (SSSR count). The van der Waals surface area contributed by atoms with Crippen LogP contribution in [0, 0.1) is 0 Å². The van der Waals surface area contributed by atoms with E-state index in [-0.39, 0.29) is 11.5 Å². The normalized spacial score (nSPS) is 13.7. The predicted octanol–water partition coefficient (Wildman–Crippen LogP) is 3.23. The summed E-state index contributed by atoms with van der Waals surface area (Å²) in [5.41, 5.74) is 1.35. The van der Waals surface area contributed by atoms with Crippen LogP contribution in [-0.4, -0.2) is 61.4 Å². The van der Waals surface area contributed by atoms with Crippen LogP contribution in [0.25, 0.3) is 22.2 Å². The molecule has 9 heteroatoms. The van der Waals surface area contributed by atoms with Gasteiger partial charge in [0.15, 0.2) is 5.82 Å². The fourth-order valence-electron chi connectivity index (χ4n) is 4.17. The standard InChI is InChI=1S/C26H24N4O5/c1-33-18-7-9-23(34-2)19(16-18)21-8-10-24(28-27-21)29-11-13-30(14-12-29)25(31)20-15-17-5-3-4-6-22(17)35-26(20)32/h3-10,15-16H,11-14H2,1-2H3. The Morgan fingerprint density at radius 2 is 1.71 bits per heavy atom. The summed E-state index contributed by atoms with van der Waals surface area (Å²) in [5, 5.41) is 9.51. The number of amides is 1. The Labute approximate surface area is 201 Å². The lowest BCUT2D eigenvalue weighted by Crippen LogP contribution is -2.49. The summed E-state index contributed by atoms with van der Waals surface area (Å²) < 4.78 is 16.1. The third-order valence-corrected chi connectivity index (χ3v) is 6.10. The van der Waals surface area contributed by atoms with Gasteiger partial charge in [0.1, 0.15) is 22.6 Å². The van der Waals surface area contributed by atoms with Crippen molar-refractivity contribution >= 4 is 22.7 Å². The molecule has 1 amide bonds. The van der Waals surface area contributed by atoms with E-state index in [1.54, 1.807) is 37.3 Å². The maximum atomic E-state index is 13.0. The minimum Gasteiger partial charge on any atom is -0.497 e. The summed E-state index contributed by atoms with van der Waals surface area (Å²) in [6, 6.07) is 18.1. The van der Waals surface area contributed by atoms with E-state index >= 15 is 0 Å². The fraction of sp³-hybridized carbons (Fsp3) is 0.231. The third kappa shape index (κ3) is 4.40. The van der Waals surface area contributed by atoms with Crippen LogP contribution in [0.5, 0.6) is 11.5 Å². The molecule has 0 N–H and O–H groups in total. The molecule has 0 unspecified atom stereocenters. The third-order valence-electron chi connectivity index (χ3n) is 6.10. The number of fused-ring (bicyclic) bond motifs is 1. The van der Waals surface area contributed by atoms with Crippen LogP contribution in [0.15, 0.2) is 69.9 Å². The predicted molar refractivity (Wildman–Crippen MR) is 131 cm³/mol. The summed E-state index contributed by atoms with van der Waals surface area (Å²) in [4.78, 5) is 29.1. The number of piperazine rings is 1. The quantitative estimate of drug-likeness (QED) is 0.409. The average molecular weight is 473 g/mol. The van der Waals surface area contributed by atoms with E-state index in [9.17, 15) is 9.59 Å². The highest BCUT2D eigenvalue weighted by Crippen LogP contribution is 2.32. The van der Waals surface area contributed by atoms with Crippen molar-refractivity contribution in [2.24, 2.45) is 0 Å². The molecule has 9 nitrogen and oxygen atoms in total. The van der Waals surface area contributed by atoms with Crippen LogP contribution in [0.4, 0.5) is 5.82 Å². The van der Waals surface area contributed by atoms with Gasteiger partial charge in [-0.2, -0.15) is 0 Å². The second-order valence-electron chi connectivity index (χ2n) is 8.11. The van der Waals surface area contributed by atoms with E-state index in [4.69, 9.17) is 13.9 Å². The highest BCUT2D eigenvalue weighted by molar-refractivity contribution is 5.96. The lowest BCUT2D eigenvalue weighted by Gasteiger charge is -2.35. The van der Waals surface area contributed by atoms with E-state index in [0.29, 0.717) is 54.8 Å². The summed E-state index contributed by atoms with van der Waals surface area (Å²) in [7, 11) is 3.22. The highest BCUT2D eigenvalue weighted by atomic mass is 16.5. The Morgan fingerprint density at radius 1 is 0.914 bits per heavy atom. The lowest BCUT2D eigenvalue weighted by molar-refractivity contribution is 0.0742. The number of nitrogens with zero attached hydrogens (tertiary/aromatic N) is 4. The van der Waals surface area contributed by atoms with Crippen LogP contribution < -0.4 is 20.0 Å². The van der Waals surface area contributed by atoms with Crippen LogP contribution in [0.3, 0.4) is 0 Å². The van der Waals surface area contributed by atoms with Crippen LogP contribution in [0.2, 0.25) is 0 Å². The van der Waals surface area contributed by atoms with Gasteiger partial charge in [0, 0.05) is 37.1 Å². The molecule has 1 fully saturated rings. The minimum atomic E-state index is -0.620. The van der Waals surface area contributed by atoms with Crippen molar-refractivity contribution in [1.82, 2.24) is 15.1 Å². The topological polar surface area (TPSA) is 98.0 Å². The lowest BCUT2D eigenvalue weighted by atomic mass is 10.1. The zero-order chi connectivity index (χ0) is 24.4. The molecule has 1 saturated heterocycles. The number of carbonyl (C=O) groups excluding carboxylic acids is 1. The summed E-state index contributed by atoms with van der Waals surface area (Å²) in [6.07, 6.45) is 0. The highest BCUT2D eigenvalue weighted by Gasteiger charge is 2.26. The number of rotatable bonds is 5. The molecule has 0 radical (unpaired) electrons. The number of carbonyl (C=O) groups is 1. The van der Waals surface area contributed by atoms with Gasteiger partial charge in [0.05, 0.1) is 19.9 Å². The van der Waals surface area contributed by atoms with Crippen molar-refractivity contribution in [3.8, 4) is 22.8 Å². The number of hydrogen-bond acceptors (Lipinski definition) is 8. The number of hydrogen-bond donors (Lipinski definition) is 0. The zero-order valence-electron chi connectivity index (χ0n) is 19.4.